The van der Waals surface area contributed by atoms with Crippen molar-refractivity contribution in [2.75, 3.05) is 0 Å². The largest absolute Gasteiger partial charge is 0.294 e. The van der Waals surface area contributed by atoms with Crippen molar-refractivity contribution < 1.29 is 4.79 Å². The molecule has 3 rings (SSSR count). The molecule has 0 amide bonds. The van der Waals surface area contributed by atoms with Gasteiger partial charge in [-0.2, -0.15) is 0 Å². The maximum Gasteiger partial charge on any atom is 0.165 e. The Labute approximate surface area is 118 Å². The lowest BCUT2D eigenvalue weighted by Gasteiger charge is -2.38. The second-order valence-electron chi connectivity index (χ2n) is 5.22. The zero-order chi connectivity index (χ0) is 13.5. The molecule has 0 unspecified atom stereocenters. The number of thioether (sulfide) groups is 1. The maximum absolute atomic E-state index is 12.4. The summed E-state index contributed by atoms with van der Waals surface area (Å²) in [5.74, 6) is 0.288. The Kier molecular flexibility index (Phi) is 3.14. The van der Waals surface area contributed by atoms with Crippen LogP contribution in [0.25, 0.3) is 0 Å². The van der Waals surface area contributed by atoms with Gasteiger partial charge in [0.1, 0.15) is 0 Å². The highest BCUT2D eigenvalue weighted by Gasteiger charge is 2.41. The number of hydrogen-bond acceptors (Lipinski definition) is 2. The molecule has 1 heterocycles. The lowest BCUT2D eigenvalue weighted by Crippen LogP contribution is -2.35. The van der Waals surface area contributed by atoms with E-state index < -0.39 is 0 Å². The van der Waals surface area contributed by atoms with Gasteiger partial charge in [0.15, 0.2) is 5.78 Å². The van der Waals surface area contributed by atoms with E-state index in [-0.39, 0.29) is 11.2 Å². The van der Waals surface area contributed by atoms with Crippen LogP contribution in [0.2, 0.25) is 0 Å². The molecule has 1 aromatic carbocycles. The van der Waals surface area contributed by atoms with Gasteiger partial charge in [-0.15, -0.1) is 0 Å². The Morgan fingerprint density at radius 2 is 1.89 bits per heavy atom. The van der Waals surface area contributed by atoms with Crippen LogP contribution >= 0.6 is 11.8 Å². The van der Waals surface area contributed by atoms with Gasteiger partial charge >= 0.3 is 0 Å². The van der Waals surface area contributed by atoms with Crippen molar-refractivity contribution in [3.05, 3.63) is 52.5 Å². The third kappa shape index (κ3) is 1.81. The van der Waals surface area contributed by atoms with Gasteiger partial charge in [0.25, 0.3) is 0 Å². The van der Waals surface area contributed by atoms with E-state index >= 15 is 0 Å². The molecule has 0 saturated carbocycles. The van der Waals surface area contributed by atoms with Gasteiger partial charge in [-0.05, 0) is 48.6 Å². The Balaban J connectivity index is 2.11. The monoisotopic (exact) mass is 270 g/mol. The summed E-state index contributed by atoms with van der Waals surface area (Å²) in [5.41, 5.74) is 2.44. The highest BCUT2D eigenvalue weighted by atomic mass is 32.2. The van der Waals surface area contributed by atoms with E-state index in [9.17, 15) is 4.79 Å². The summed E-state index contributed by atoms with van der Waals surface area (Å²) in [5, 5.41) is 0. The van der Waals surface area contributed by atoms with Gasteiger partial charge < -0.3 is 0 Å². The first-order valence-electron chi connectivity index (χ1n) is 6.93. The van der Waals surface area contributed by atoms with Gasteiger partial charge in [-0.3, -0.25) is 4.79 Å². The summed E-state index contributed by atoms with van der Waals surface area (Å²) in [4.78, 5) is 15.0. The standard InChI is InChI=1S/C17H18OS/c1-3-17(4-2)13-11-12-7-5-6-8-14(12)19-15(13)9-10-16(17)18/h5-10H,3-4,11H2,1-2H3. The fourth-order valence-electron chi connectivity index (χ4n) is 3.23. The third-order valence-corrected chi connectivity index (χ3v) is 5.72. The Morgan fingerprint density at radius 3 is 2.63 bits per heavy atom. The average Bonchev–Trinajstić information content (AvgIpc) is 2.46. The quantitative estimate of drug-likeness (QED) is 0.785. The molecule has 0 spiro atoms. The first-order valence-corrected chi connectivity index (χ1v) is 7.75. The summed E-state index contributed by atoms with van der Waals surface area (Å²) < 4.78 is 0. The molecule has 1 nitrogen and oxygen atoms in total. The molecule has 1 aliphatic heterocycles. The molecular weight excluding hydrogens is 252 g/mol. The molecule has 0 saturated heterocycles. The maximum atomic E-state index is 12.4. The predicted octanol–water partition coefficient (Wildman–Crippen LogP) is 4.53. The molecule has 0 radical (unpaired) electrons. The molecule has 0 fully saturated rings. The third-order valence-electron chi connectivity index (χ3n) is 4.50. The van der Waals surface area contributed by atoms with Crippen LogP contribution in [0.4, 0.5) is 0 Å². The highest BCUT2D eigenvalue weighted by Crippen LogP contribution is 2.50. The van der Waals surface area contributed by atoms with E-state index in [1.54, 1.807) is 6.08 Å². The number of carbonyl (C=O) groups excluding carboxylic acids is 1. The Hall–Kier alpha value is -1.28. The van der Waals surface area contributed by atoms with Crippen molar-refractivity contribution in [2.24, 2.45) is 5.41 Å². The summed E-state index contributed by atoms with van der Waals surface area (Å²) >= 11 is 1.82. The zero-order valence-corrected chi connectivity index (χ0v) is 12.2. The summed E-state index contributed by atoms with van der Waals surface area (Å²) in [6.45, 7) is 4.27. The lowest BCUT2D eigenvalue weighted by atomic mass is 9.68. The van der Waals surface area contributed by atoms with Crippen LogP contribution < -0.4 is 0 Å². The number of hydrogen-bond donors (Lipinski definition) is 0. The molecule has 0 bridgehead atoms. The molecule has 98 valence electrons. The number of allylic oxidation sites excluding steroid dienone is 3. The van der Waals surface area contributed by atoms with Gasteiger partial charge in [0.05, 0.1) is 5.41 Å². The number of carbonyl (C=O) groups is 1. The lowest BCUT2D eigenvalue weighted by molar-refractivity contribution is -0.122. The summed E-state index contributed by atoms with van der Waals surface area (Å²) in [6.07, 6.45) is 6.52. The molecule has 2 heteroatoms. The molecule has 0 atom stereocenters. The van der Waals surface area contributed by atoms with Crippen LogP contribution in [-0.4, -0.2) is 5.78 Å². The molecular formula is C17H18OS. The normalized spacial score (nSPS) is 20.2. The molecule has 1 aliphatic carbocycles. The van der Waals surface area contributed by atoms with Crippen molar-refractivity contribution in [2.45, 2.75) is 38.0 Å². The highest BCUT2D eigenvalue weighted by molar-refractivity contribution is 8.03. The minimum absolute atomic E-state index is 0.259. The molecule has 1 aromatic rings. The molecule has 0 N–H and O–H groups in total. The van der Waals surface area contributed by atoms with E-state index in [1.165, 1.54) is 20.9 Å². The molecule has 0 aromatic heterocycles. The van der Waals surface area contributed by atoms with E-state index in [0.717, 1.165) is 19.3 Å². The first kappa shape index (κ1) is 12.7. The topological polar surface area (TPSA) is 17.1 Å². The number of ketones is 1. The van der Waals surface area contributed by atoms with E-state index in [4.69, 9.17) is 0 Å². The van der Waals surface area contributed by atoms with Crippen LogP contribution in [0.3, 0.4) is 0 Å². The van der Waals surface area contributed by atoms with Crippen LogP contribution in [0.1, 0.15) is 32.3 Å². The van der Waals surface area contributed by atoms with Crippen LogP contribution in [0.5, 0.6) is 0 Å². The summed E-state index contributed by atoms with van der Waals surface area (Å²) in [6, 6.07) is 8.53. The Bertz CT molecular complexity index is 591. The first-order chi connectivity index (χ1) is 9.21. The van der Waals surface area contributed by atoms with Crippen molar-refractivity contribution in [3.63, 3.8) is 0 Å². The zero-order valence-electron chi connectivity index (χ0n) is 11.4. The second-order valence-corrected chi connectivity index (χ2v) is 6.30. The van der Waals surface area contributed by atoms with Crippen LogP contribution in [0.15, 0.2) is 51.8 Å². The minimum atomic E-state index is -0.259. The smallest absolute Gasteiger partial charge is 0.165 e. The van der Waals surface area contributed by atoms with E-state index in [0.29, 0.717) is 0 Å². The van der Waals surface area contributed by atoms with E-state index in [1.807, 2.05) is 17.8 Å². The van der Waals surface area contributed by atoms with Gasteiger partial charge in [-0.25, -0.2) is 0 Å². The fourth-order valence-corrected chi connectivity index (χ4v) is 4.41. The number of rotatable bonds is 2. The number of fused-ring (bicyclic) bond motifs is 1. The predicted molar refractivity (Wildman–Crippen MR) is 80.2 cm³/mol. The number of benzene rings is 1. The van der Waals surface area contributed by atoms with Gasteiger partial charge in [0, 0.05) is 9.80 Å². The second kappa shape index (κ2) is 4.68. The van der Waals surface area contributed by atoms with Crippen LogP contribution in [-0.2, 0) is 11.2 Å². The summed E-state index contributed by atoms with van der Waals surface area (Å²) in [7, 11) is 0. The SMILES string of the molecule is CCC1(CC)C(=O)C=CC2=C1Cc1ccccc1S2. The average molecular weight is 270 g/mol. The van der Waals surface area contributed by atoms with Crippen molar-refractivity contribution in [1.82, 2.24) is 0 Å². The van der Waals surface area contributed by atoms with E-state index in [2.05, 4.69) is 38.1 Å². The van der Waals surface area contributed by atoms with Crippen molar-refractivity contribution in [1.29, 1.82) is 0 Å². The molecule has 2 aliphatic rings. The van der Waals surface area contributed by atoms with Gasteiger partial charge in [0.2, 0.25) is 0 Å². The fraction of sp³-hybridized carbons (Fsp3) is 0.353. The van der Waals surface area contributed by atoms with Crippen molar-refractivity contribution in [3.8, 4) is 0 Å². The van der Waals surface area contributed by atoms with Crippen molar-refractivity contribution >= 4 is 17.5 Å². The van der Waals surface area contributed by atoms with Gasteiger partial charge in [-0.1, -0.05) is 43.8 Å². The Morgan fingerprint density at radius 1 is 1.16 bits per heavy atom. The van der Waals surface area contributed by atoms with Crippen LogP contribution in [0, 0.1) is 5.41 Å². The molecule has 19 heavy (non-hydrogen) atoms. The minimum Gasteiger partial charge on any atom is -0.294 e.